The highest BCUT2D eigenvalue weighted by molar-refractivity contribution is 5.84. The second-order valence-corrected chi connectivity index (χ2v) is 5.27. The van der Waals surface area contributed by atoms with E-state index in [9.17, 15) is 18.0 Å². The Morgan fingerprint density at radius 2 is 1.52 bits per heavy atom. The summed E-state index contributed by atoms with van der Waals surface area (Å²) >= 11 is 0. The number of hydrogen-bond donors (Lipinski definition) is 0. The minimum atomic E-state index is -4.70. The fourth-order valence-electron chi connectivity index (χ4n) is 2.70. The van der Waals surface area contributed by atoms with Crippen molar-refractivity contribution >= 4 is 12.0 Å². The molecule has 2 nitrogen and oxygen atoms in total. The number of benzene rings is 2. The van der Waals surface area contributed by atoms with Gasteiger partial charge in [0.15, 0.2) is 0 Å². The Hall–Kier alpha value is -2.56. The average molecular weight is 318 g/mol. The molecule has 0 N–H and O–H groups in total. The van der Waals surface area contributed by atoms with E-state index >= 15 is 0 Å². The lowest BCUT2D eigenvalue weighted by Gasteiger charge is -2.47. The molecule has 1 aliphatic heterocycles. The summed E-state index contributed by atoms with van der Waals surface area (Å²) in [5.74, 6) is -2.27. The topological polar surface area (TPSA) is 26.3 Å². The van der Waals surface area contributed by atoms with Gasteiger partial charge in [-0.15, -0.1) is 0 Å². The number of hydrogen-bond acceptors (Lipinski definition) is 2. The SMILES string of the molecule is O=C1O[C@](c2ccccc2)(C(F)(F)F)[C@H]1/C=C/c1ccccc1. The van der Waals surface area contributed by atoms with Gasteiger partial charge >= 0.3 is 12.1 Å². The van der Waals surface area contributed by atoms with Gasteiger partial charge < -0.3 is 4.74 Å². The summed E-state index contributed by atoms with van der Waals surface area (Å²) in [6, 6.07) is 16.1. The summed E-state index contributed by atoms with van der Waals surface area (Å²) in [5, 5.41) is 0. The van der Waals surface area contributed by atoms with Crippen molar-refractivity contribution in [2.24, 2.45) is 5.92 Å². The molecule has 0 bridgehead atoms. The number of carbonyl (C=O) groups excluding carboxylic acids is 1. The van der Waals surface area contributed by atoms with Gasteiger partial charge in [-0.2, -0.15) is 13.2 Å². The van der Waals surface area contributed by atoms with Crippen LogP contribution in [0.15, 0.2) is 66.7 Å². The lowest BCUT2D eigenvalue weighted by Crippen LogP contribution is -2.62. The monoisotopic (exact) mass is 318 g/mol. The third kappa shape index (κ3) is 2.52. The number of carbonyl (C=O) groups is 1. The van der Waals surface area contributed by atoms with E-state index in [2.05, 4.69) is 4.74 Å². The van der Waals surface area contributed by atoms with Crippen molar-refractivity contribution in [3.8, 4) is 0 Å². The predicted molar refractivity (Wildman–Crippen MR) is 79.2 cm³/mol. The van der Waals surface area contributed by atoms with Crippen LogP contribution < -0.4 is 0 Å². The molecule has 0 saturated carbocycles. The molecule has 2 aromatic rings. The first-order chi connectivity index (χ1) is 10.9. The molecule has 0 aromatic heterocycles. The van der Waals surface area contributed by atoms with Crippen molar-refractivity contribution in [1.29, 1.82) is 0 Å². The summed E-state index contributed by atoms with van der Waals surface area (Å²) in [4.78, 5) is 11.7. The molecule has 0 aliphatic carbocycles. The van der Waals surface area contributed by atoms with E-state index in [-0.39, 0.29) is 5.56 Å². The Morgan fingerprint density at radius 3 is 2.04 bits per heavy atom. The molecule has 1 saturated heterocycles. The Bertz CT molecular complexity index is 723. The van der Waals surface area contributed by atoms with E-state index in [0.717, 1.165) is 5.56 Å². The fraction of sp³-hybridized carbons (Fsp3) is 0.167. The van der Waals surface area contributed by atoms with Gasteiger partial charge in [-0.1, -0.05) is 72.8 Å². The maximum atomic E-state index is 13.7. The lowest BCUT2D eigenvalue weighted by atomic mass is 9.75. The molecular weight excluding hydrogens is 305 g/mol. The number of esters is 1. The van der Waals surface area contributed by atoms with Crippen molar-refractivity contribution in [3.63, 3.8) is 0 Å². The fourth-order valence-corrected chi connectivity index (χ4v) is 2.70. The van der Waals surface area contributed by atoms with Gasteiger partial charge in [0.25, 0.3) is 0 Å². The molecule has 1 fully saturated rings. The number of rotatable bonds is 3. The van der Waals surface area contributed by atoms with E-state index in [0.29, 0.717) is 0 Å². The van der Waals surface area contributed by atoms with Gasteiger partial charge in [-0.25, -0.2) is 0 Å². The van der Waals surface area contributed by atoms with Crippen molar-refractivity contribution in [2.75, 3.05) is 0 Å². The minimum absolute atomic E-state index is 0.0742. The Labute approximate surface area is 131 Å². The standard InChI is InChI=1S/C18H13F3O2/c19-18(20,21)17(14-9-5-2-6-10-14)15(16(22)23-17)12-11-13-7-3-1-4-8-13/h1-12,15H/b12-11+/t15-,17-/m0/s1. The van der Waals surface area contributed by atoms with Gasteiger partial charge in [0.05, 0.1) is 0 Å². The number of cyclic esters (lactones) is 1. The molecule has 0 unspecified atom stereocenters. The van der Waals surface area contributed by atoms with E-state index in [1.807, 2.05) is 0 Å². The van der Waals surface area contributed by atoms with Crippen LogP contribution in [0.3, 0.4) is 0 Å². The number of alkyl halides is 3. The summed E-state index contributed by atoms with van der Waals surface area (Å²) in [5.41, 5.74) is -1.97. The van der Waals surface area contributed by atoms with Gasteiger partial charge in [-0.3, -0.25) is 4.79 Å². The van der Waals surface area contributed by atoms with Crippen molar-refractivity contribution in [1.82, 2.24) is 0 Å². The van der Waals surface area contributed by atoms with Crippen molar-refractivity contribution in [2.45, 2.75) is 11.8 Å². The molecule has 1 heterocycles. The van der Waals surface area contributed by atoms with Crippen LogP contribution in [0.5, 0.6) is 0 Å². The number of halogens is 3. The van der Waals surface area contributed by atoms with E-state index in [1.165, 1.54) is 36.4 Å². The van der Waals surface area contributed by atoms with Gasteiger partial charge in [0.1, 0.15) is 5.92 Å². The molecule has 23 heavy (non-hydrogen) atoms. The smallest absolute Gasteiger partial charge is 0.433 e. The van der Waals surface area contributed by atoms with Gasteiger partial charge in [0.2, 0.25) is 5.60 Å². The molecule has 118 valence electrons. The summed E-state index contributed by atoms with van der Waals surface area (Å²) in [6.45, 7) is 0. The van der Waals surface area contributed by atoms with Crippen LogP contribution in [-0.4, -0.2) is 12.1 Å². The van der Waals surface area contributed by atoms with Crippen LogP contribution in [0.4, 0.5) is 13.2 Å². The molecule has 0 spiro atoms. The third-order valence-corrected chi connectivity index (χ3v) is 3.86. The maximum absolute atomic E-state index is 13.7. The Balaban J connectivity index is 2.00. The summed E-state index contributed by atoms with van der Waals surface area (Å²) in [7, 11) is 0. The van der Waals surface area contributed by atoms with Crippen LogP contribution in [0.25, 0.3) is 6.08 Å². The predicted octanol–water partition coefficient (Wildman–Crippen LogP) is 4.33. The Kier molecular flexibility index (Phi) is 3.72. The first-order valence-electron chi connectivity index (χ1n) is 7.03. The summed E-state index contributed by atoms with van der Waals surface area (Å²) in [6.07, 6.45) is -1.93. The van der Waals surface area contributed by atoms with E-state index in [1.54, 1.807) is 36.4 Å². The molecule has 3 rings (SSSR count). The normalized spacial score (nSPS) is 24.3. The molecule has 2 aromatic carbocycles. The van der Waals surface area contributed by atoms with Gasteiger partial charge in [-0.05, 0) is 5.56 Å². The first kappa shape index (κ1) is 15.3. The van der Waals surface area contributed by atoms with Gasteiger partial charge in [0, 0.05) is 5.56 Å². The van der Waals surface area contributed by atoms with E-state index < -0.39 is 23.7 Å². The largest absolute Gasteiger partial charge is 0.442 e. The first-order valence-corrected chi connectivity index (χ1v) is 7.03. The zero-order valence-electron chi connectivity index (χ0n) is 12.0. The van der Waals surface area contributed by atoms with Crippen LogP contribution in [-0.2, 0) is 15.1 Å². The maximum Gasteiger partial charge on any atom is 0.433 e. The molecule has 2 atom stereocenters. The second-order valence-electron chi connectivity index (χ2n) is 5.27. The summed E-state index contributed by atoms with van der Waals surface area (Å²) < 4.78 is 45.7. The Morgan fingerprint density at radius 1 is 0.957 bits per heavy atom. The molecule has 0 amide bonds. The van der Waals surface area contributed by atoms with Crippen LogP contribution in [0.1, 0.15) is 11.1 Å². The van der Waals surface area contributed by atoms with Crippen molar-refractivity contribution < 1.29 is 22.7 Å². The quantitative estimate of drug-likeness (QED) is 0.787. The molecule has 1 aliphatic rings. The lowest BCUT2D eigenvalue weighted by molar-refractivity contribution is -0.324. The molecular formula is C18H13F3O2. The molecule has 5 heteroatoms. The minimum Gasteiger partial charge on any atom is -0.442 e. The van der Waals surface area contributed by atoms with Crippen molar-refractivity contribution in [3.05, 3.63) is 77.9 Å². The van der Waals surface area contributed by atoms with E-state index in [4.69, 9.17) is 0 Å². The zero-order chi connectivity index (χ0) is 16.5. The number of ether oxygens (including phenoxy) is 1. The molecule has 0 radical (unpaired) electrons. The zero-order valence-corrected chi connectivity index (χ0v) is 12.0. The highest BCUT2D eigenvalue weighted by atomic mass is 19.4. The average Bonchev–Trinajstić information content (AvgIpc) is 2.53. The van der Waals surface area contributed by atoms with Crippen LogP contribution in [0, 0.1) is 5.92 Å². The van der Waals surface area contributed by atoms with Crippen LogP contribution in [0.2, 0.25) is 0 Å². The highest BCUT2D eigenvalue weighted by Crippen LogP contribution is 2.54. The highest BCUT2D eigenvalue weighted by Gasteiger charge is 2.72. The second kappa shape index (κ2) is 5.57. The van der Waals surface area contributed by atoms with Crippen LogP contribution >= 0.6 is 0 Å². The third-order valence-electron chi connectivity index (χ3n) is 3.86.